The van der Waals surface area contributed by atoms with Gasteiger partial charge in [0.1, 0.15) is 5.82 Å². The molecule has 2 rings (SSSR count). The lowest BCUT2D eigenvalue weighted by molar-refractivity contribution is 0.318. The van der Waals surface area contributed by atoms with Crippen LogP contribution in [0.3, 0.4) is 0 Å². The molecule has 0 saturated heterocycles. The molecule has 0 aliphatic carbocycles. The first kappa shape index (κ1) is 14.8. The highest BCUT2D eigenvalue weighted by Gasteiger charge is 2.10. The van der Waals surface area contributed by atoms with Gasteiger partial charge >= 0.3 is 0 Å². The highest BCUT2D eigenvalue weighted by molar-refractivity contribution is 5.97. The Bertz CT molecular complexity index is 631. The Labute approximate surface area is 122 Å². The Hall–Kier alpha value is -2.63. The number of halogens is 1. The van der Waals surface area contributed by atoms with Crippen LogP contribution in [0.2, 0.25) is 0 Å². The number of aromatic nitrogens is 1. The van der Waals surface area contributed by atoms with E-state index in [1.54, 1.807) is 24.5 Å². The topological polar surface area (TPSA) is 74.7 Å². The van der Waals surface area contributed by atoms with Crippen molar-refractivity contribution >= 4 is 11.5 Å². The Morgan fingerprint density at radius 1 is 1.33 bits per heavy atom. The summed E-state index contributed by atoms with van der Waals surface area (Å²) in [5.74, 6) is -0.517. The summed E-state index contributed by atoms with van der Waals surface area (Å²) in [6, 6.07) is 8.37. The van der Waals surface area contributed by atoms with Crippen LogP contribution in [0.4, 0.5) is 10.1 Å². The Kier molecular flexibility index (Phi) is 4.71. The van der Waals surface area contributed by atoms with Gasteiger partial charge in [-0.1, -0.05) is 5.16 Å². The zero-order valence-electron chi connectivity index (χ0n) is 11.7. The van der Waals surface area contributed by atoms with Crippen molar-refractivity contribution in [2.75, 3.05) is 18.5 Å². The Balaban J connectivity index is 2.07. The maximum Gasteiger partial charge on any atom is 0.170 e. The second kappa shape index (κ2) is 6.69. The molecule has 5 nitrogen and oxygen atoms in total. The molecule has 0 aliphatic rings. The lowest BCUT2D eigenvalue weighted by Crippen LogP contribution is -2.22. The second-order valence-corrected chi connectivity index (χ2v) is 4.68. The molecule has 110 valence electrons. The Morgan fingerprint density at radius 3 is 2.67 bits per heavy atom. The summed E-state index contributed by atoms with van der Waals surface area (Å²) in [4.78, 5) is 5.79. The molecule has 0 atom stereocenters. The summed E-state index contributed by atoms with van der Waals surface area (Å²) in [7, 11) is 1.82. The van der Waals surface area contributed by atoms with E-state index in [1.807, 2.05) is 24.1 Å². The van der Waals surface area contributed by atoms with Crippen LogP contribution < -0.4 is 10.6 Å². The molecule has 2 aromatic rings. The summed E-state index contributed by atoms with van der Waals surface area (Å²) < 4.78 is 14.1. The molecule has 21 heavy (non-hydrogen) atoms. The minimum atomic E-state index is -0.406. The van der Waals surface area contributed by atoms with Gasteiger partial charge < -0.3 is 15.8 Å². The molecule has 0 aliphatic heterocycles. The van der Waals surface area contributed by atoms with Crippen molar-refractivity contribution in [2.24, 2.45) is 10.9 Å². The Morgan fingerprint density at radius 2 is 2.05 bits per heavy atom. The normalized spacial score (nSPS) is 11.4. The summed E-state index contributed by atoms with van der Waals surface area (Å²) in [5.41, 5.74) is 7.40. The molecule has 0 saturated carbocycles. The van der Waals surface area contributed by atoms with Gasteiger partial charge in [0.15, 0.2) is 5.84 Å². The molecule has 0 spiro atoms. The van der Waals surface area contributed by atoms with Gasteiger partial charge in [-0.2, -0.15) is 0 Å². The van der Waals surface area contributed by atoms with Gasteiger partial charge in [0.2, 0.25) is 0 Å². The summed E-state index contributed by atoms with van der Waals surface area (Å²) >= 11 is 0. The van der Waals surface area contributed by atoms with E-state index in [4.69, 9.17) is 10.9 Å². The van der Waals surface area contributed by atoms with Crippen LogP contribution in [0.25, 0.3) is 0 Å². The minimum Gasteiger partial charge on any atom is -0.409 e. The molecule has 0 unspecified atom stereocenters. The van der Waals surface area contributed by atoms with E-state index in [1.165, 1.54) is 6.07 Å². The van der Waals surface area contributed by atoms with Crippen molar-refractivity contribution < 1.29 is 9.60 Å². The third-order valence-corrected chi connectivity index (χ3v) is 3.25. The van der Waals surface area contributed by atoms with E-state index >= 15 is 0 Å². The molecular formula is C15H17FN4O. The molecule has 1 aromatic heterocycles. The standard InChI is InChI=1S/C15H17FN4O/c1-20(9-6-11-4-7-18-8-5-11)14-3-2-12(10-13(14)16)15(17)19-21/h2-5,7-8,10,21H,6,9H2,1H3,(H2,17,19). The monoisotopic (exact) mass is 288 g/mol. The zero-order chi connectivity index (χ0) is 15.2. The van der Waals surface area contributed by atoms with Gasteiger partial charge in [-0.3, -0.25) is 4.98 Å². The number of pyridine rings is 1. The number of amidine groups is 1. The zero-order valence-corrected chi connectivity index (χ0v) is 11.7. The van der Waals surface area contributed by atoms with E-state index in [0.29, 0.717) is 17.8 Å². The smallest absolute Gasteiger partial charge is 0.170 e. The number of likely N-dealkylation sites (N-methyl/N-ethyl adjacent to an activating group) is 1. The minimum absolute atomic E-state index is 0.111. The van der Waals surface area contributed by atoms with Crippen molar-refractivity contribution in [3.8, 4) is 0 Å². The highest BCUT2D eigenvalue weighted by atomic mass is 19.1. The van der Waals surface area contributed by atoms with Crippen LogP contribution >= 0.6 is 0 Å². The first-order valence-electron chi connectivity index (χ1n) is 6.49. The SMILES string of the molecule is CN(CCc1ccncc1)c1ccc(C(N)=NO)cc1F. The quantitative estimate of drug-likeness (QED) is 0.382. The third-order valence-electron chi connectivity index (χ3n) is 3.25. The number of hydrogen-bond donors (Lipinski definition) is 2. The van der Waals surface area contributed by atoms with Gasteiger partial charge in [0, 0.05) is 31.5 Å². The van der Waals surface area contributed by atoms with E-state index in [2.05, 4.69) is 10.1 Å². The third kappa shape index (κ3) is 3.68. The first-order chi connectivity index (χ1) is 10.1. The van der Waals surface area contributed by atoms with E-state index in [9.17, 15) is 4.39 Å². The average Bonchev–Trinajstić information content (AvgIpc) is 2.52. The van der Waals surface area contributed by atoms with Crippen molar-refractivity contribution in [2.45, 2.75) is 6.42 Å². The molecule has 0 bridgehead atoms. The average molecular weight is 288 g/mol. The fourth-order valence-corrected chi connectivity index (χ4v) is 2.00. The van der Waals surface area contributed by atoms with E-state index in [0.717, 1.165) is 12.0 Å². The maximum atomic E-state index is 14.1. The lowest BCUT2D eigenvalue weighted by Gasteiger charge is -2.20. The van der Waals surface area contributed by atoms with Crippen LogP contribution in [0, 0.1) is 5.82 Å². The molecule has 0 amide bonds. The molecule has 6 heteroatoms. The number of benzene rings is 1. The fourth-order valence-electron chi connectivity index (χ4n) is 2.00. The number of oxime groups is 1. The lowest BCUT2D eigenvalue weighted by atomic mass is 10.1. The predicted molar refractivity (Wildman–Crippen MR) is 80.1 cm³/mol. The van der Waals surface area contributed by atoms with Gasteiger partial charge in [0.25, 0.3) is 0 Å². The van der Waals surface area contributed by atoms with Gasteiger partial charge in [-0.15, -0.1) is 0 Å². The van der Waals surface area contributed by atoms with Crippen LogP contribution in [-0.4, -0.2) is 29.6 Å². The van der Waals surface area contributed by atoms with Crippen molar-refractivity contribution in [3.05, 3.63) is 59.7 Å². The predicted octanol–water partition coefficient (Wildman–Crippen LogP) is 1.99. The molecule has 0 radical (unpaired) electrons. The molecule has 1 aromatic carbocycles. The van der Waals surface area contributed by atoms with Crippen LogP contribution in [0.1, 0.15) is 11.1 Å². The molecule has 3 N–H and O–H groups in total. The van der Waals surface area contributed by atoms with Crippen LogP contribution in [0.15, 0.2) is 47.9 Å². The number of nitrogens with two attached hydrogens (primary N) is 1. The largest absolute Gasteiger partial charge is 0.409 e. The number of anilines is 1. The van der Waals surface area contributed by atoms with Crippen LogP contribution in [0.5, 0.6) is 0 Å². The van der Waals surface area contributed by atoms with Crippen molar-refractivity contribution in [1.29, 1.82) is 0 Å². The van der Waals surface area contributed by atoms with Crippen molar-refractivity contribution in [3.63, 3.8) is 0 Å². The van der Waals surface area contributed by atoms with Crippen molar-refractivity contribution in [1.82, 2.24) is 4.98 Å². The van der Waals surface area contributed by atoms with Gasteiger partial charge in [-0.05, 0) is 42.3 Å². The van der Waals surface area contributed by atoms with E-state index in [-0.39, 0.29) is 5.84 Å². The fraction of sp³-hybridized carbons (Fsp3) is 0.200. The summed E-state index contributed by atoms with van der Waals surface area (Å²) in [5, 5.41) is 11.5. The van der Waals surface area contributed by atoms with Crippen LogP contribution in [-0.2, 0) is 6.42 Å². The first-order valence-corrected chi connectivity index (χ1v) is 6.49. The van der Waals surface area contributed by atoms with Gasteiger partial charge in [0.05, 0.1) is 5.69 Å². The highest BCUT2D eigenvalue weighted by Crippen LogP contribution is 2.19. The maximum absolute atomic E-state index is 14.1. The molecular weight excluding hydrogens is 271 g/mol. The number of nitrogens with zero attached hydrogens (tertiary/aromatic N) is 3. The number of rotatable bonds is 5. The number of hydrogen-bond acceptors (Lipinski definition) is 4. The summed E-state index contributed by atoms with van der Waals surface area (Å²) in [6.45, 7) is 0.670. The summed E-state index contributed by atoms with van der Waals surface area (Å²) in [6.07, 6.45) is 4.27. The van der Waals surface area contributed by atoms with E-state index < -0.39 is 5.82 Å². The molecule has 1 heterocycles. The van der Waals surface area contributed by atoms with Gasteiger partial charge in [-0.25, -0.2) is 4.39 Å². The second-order valence-electron chi connectivity index (χ2n) is 4.68. The molecule has 0 fully saturated rings.